The number of nitrogens with one attached hydrogen (secondary N) is 1. The van der Waals surface area contributed by atoms with Gasteiger partial charge in [-0.25, -0.2) is 4.98 Å². The van der Waals surface area contributed by atoms with Crippen LogP contribution in [0.2, 0.25) is 10.0 Å². The van der Waals surface area contributed by atoms with Crippen molar-refractivity contribution < 1.29 is 14.3 Å². The van der Waals surface area contributed by atoms with Crippen molar-refractivity contribution in [1.82, 2.24) is 4.98 Å². The highest BCUT2D eigenvalue weighted by molar-refractivity contribution is 6.42. The Balaban J connectivity index is 1.48. The van der Waals surface area contributed by atoms with Crippen molar-refractivity contribution in [1.29, 1.82) is 0 Å². The van der Waals surface area contributed by atoms with Gasteiger partial charge in [-0.05, 0) is 36.8 Å². The van der Waals surface area contributed by atoms with Gasteiger partial charge in [-0.1, -0.05) is 35.3 Å². The van der Waals surface area contributed by atoms with Gasteiger partial charge in [0.25, 0.3) is 5.91 Å². The van der Waals surface area contributed by atoms with Gasteiger partial charge in [-0.15, -0.1) is 0 Å². The summed E-state index contributed by atoms with van der Waals surface area (Å²) in [6.45, 7) is 0. The fraction of sp³-hybridized carbons (Fsp3) is 0.0952. The number of fused-ring (bicyclic) bond motifs is 1. The molecule has 1 amide bonds. The molecule has 0 fully saturated rings. The first kappa shape index (κ1) is 18.5. The van der Waals surface area contributed by atoms with Crippen LogP contribution in [0.15, 0.2) is 54.7 Å². The predicted molar refractivity (Wildman–Crippen MR) is 108 cm³/mol. The maximum atomic E-state index is 12.4. The molecule has 0 unspecified atom stereocenters. The number of carbonyl (C=O) groups excluding carboxylic acids is 2. The summed E-state index contributed by atoms with van der Waals surface area (Å²) in [5.41, 5.74) is 2.50. The lowest BCUT2D eigenvalue weighted by atomic mass is 10.1. The topological polar surface area (TPSA) is 68.3 Å². The monoisotopic (exact) mass is 412 g/mol. The standard InChI is InChI=1S/C21H14Cl2N2O3/c22-16-7-5-13(10-17(16)23)25-21(27)12-4-9-20(24-11-12)28-19-3-1-2-14-15(19)6-8-18(14)26/h1-5,7,9-11H,6,8H2,(H,25,27). The van der Waals surface area contributed by atoms with Crippen LogP contribution < -0.4 is 10.1 Å². The highest BCUT2D eigenvalue weighted by Crippen LogP contribution is 2.33. The number of Topliss-reactive ketones (excluding diaryl/α,β-unsaturated/α-hetero) is 1. The van der Waals surface area contributed by atoms with Crippen molar-refractivity contribution in [3.8, 4) is 11.6 Å². The fourth-order valence-electron chi connectivity index (χ4n) is 3.02. The average molecular weight is 413 g/mol. The molecular formula is C21H14Cl2N2O3. The Labute approximate surface area is 171 Å². The van der Waals surface area contributed by atoms with Gasteiger partial charge < -0.3 is 10.1 Å². The largest absolute Gasteiger partial charge is 0.439 e. The second kappa shape index (κ2) is 7.62. The molecule has 1 aliphatic rings. The minimum atomic E-state index is -0.330. The number of ether oxygens (including phenoxy) is 1. The Morgan fingerprint density at radius 3 is 2.64 bits per heavy atom. The molecule has 5 nitrogen and oxygen atoms in total. The van der Waals surface area contributed by atoms with Crippen LogP contribution in [-0.2, 0) is 6.42 Å². The summed E-state index contributed by atoms with van der Waals surface area (Å²) in [4.78, 5) is 28.4. The molecule has 4 rings (SSSR count). The van der Waals surface area contributed by atoms with Crippen molar-refractivity contribution in [3.05, 3.63) is 81.5 Å². The van der Waals surface area contributed by atoms with Gasteiger partial charge >= 0.3 is 0 Å². The minimum Gasteiger partial charge on any atom is -0.439 e. The number of benzene rings is 2. The number of amides is 1. The smallest absolute Gasteiger partial charge is 0.257 e. The summed E-state index contributed by atoms with van der Waals surface area (Å²) in [6.07, 6.45) is 2.59. The van der Waals surface area contributed by atoms with Gasteiger partial charge in [0, 0.05) is 35.5 Å². The van der Waals surface area contributed by atoms with E-state index in [9.17, 15) is 9.59 Å². The first-order chi connectivity index (χ1) is 13.5. The van der Waals surface area contributed by atoms with E-state index in [-0.39, 0.29) is 11.7 Å². The molecule has 28 heavy (non-hydrogen) atoms. The van der Waals surface area contributed by atoms with E-state index in [0.29, 0.717) is 51.3 Å². The molecule has 0 radical (unpaired) electrons. The van der Waals surface area contributed by atoms with E-state index in [2.05, 4.69) is 10.3 Å². The molecule has 0 atom stereocenters. The number of halogens is 2. The number of hydrogen-bond acceptors (Lipinski definition) is 4. The summed E-state index contributed by atoms with van der Waals surface area (Å²) in [6, 6.07) is 13.5. The number of rotatable bonds is 4. The van der Waals surface area contributed by atoms with E-state index in [0.717, 1.165) is 5.56 Å². The molecule has 2 aromatic carbocycles. The molecule has 0 aliphatic heterocycles. The second-order valence-corrected chi connectivity index (χ2v) is 7.09. The van der Waals surface area contributed by atoms with E-state index in [1.165, 1.54) is 6.20 Å². The zero-order valence-electron chi connectivity index (χ0n) is 14.5. The average Bonchev–Trinajstić information content (AvgIpc) is 3.07. The Hall–Kier alpha value is -2.89. The van der Waals surface area contributed by atoms with Crippen LogP contribution in [0.5, 0.6) is 11.6 Å². The molecule has 1 N–H and O–H groups in total. The Morgan fingerprint density at radius 1 is 1.04 bits per heavy atom. The molecule has 7 heteroatoms. The molecule has 1 aliphatic carbocycles. The summed E-state index contributed by atoms with van der Waals surface area (Å²) >= 11 is 11.8. The Kier molecular flexibility index (Phi) is 5.03. The molecular weight excluding hydrogens is 399 g/mol. The molecule has 0 spiro atoms. The van der Waals surface area contributed by atoms with Crippen LogP contribution in [0.25, 0.3) is 0 Å². The first-order valence-corrected chi connectivity index (χ1v) is 9.32. The summed E-state index contributed by atoms with van der Waals surface area (Å²) in [5, 5.41) is 3.50. The Morgan fingerprint density at radius 2 is 1.89 bits per heavy atom. The predicted octanol–water partition coefficient (Wildman–Crippen LogP) is 5.56. The first-order valence-electron chi connectivity index (χ1n) is 8.56. The zero-order chi connectivity index (χ0) is 19.7. The lowest BCUT2D eigenvalue weighted by molar-refractivity contribution is 0.0992. The highest BCUT2D eigenvalue weighted by atomic mass is 35.5. The van der Waals surface area contributed by atoms with Crippen LogP contribution in [0.1, 0.15) is 32.7 Å². The van der Waals surface area contributed by atoms with Gasteiger partial charge in [0.15, 0.2) is 5.78 Å². The molecule has 0 bridgehead atoms. The van der Waals surface area contributed by atoms with Crippen molar-refractivity contribution in [2.45, 2.75) is 12.8 Å². The van der Waals surface area contributed by atoms with Crippen molar-refractivity contribution in [3.63, 3.8) is 0 Å². The van der Waals surface area contributed by atoms with Crippen molar-refractivity contribution >= 4 is 40.6 Å². The zero-order valence-corrected chi connectivity index (χ0v) is 16.1. The molecule has 140 valence electrons. The normalized spacial score (nSPS) is 12.6. The van der Waals surface area contributed by atoms with Gasteiger partial charge in [0.1, 0.15) is 5.75 Å². The van der Waals surface area contributed by atoms with Crippen molar-refractivity contribution in [2.75, 3.05) is 5.32 Å². The van der Waals surface area contributed by atoms with Gasteiger partial charge in [-0.2, -0.15) is 0 Å². The third-order valence-electron chi connectivity index (χ3n) is 4.43. The van der Waals surface area contributed by atoms with E-state index >= 15 is 0 Å². The molecule has 0 saturated heterocycles. The van der Waals surface area contributed by atoms with Crippen LogP contribution in [0.4, 0.5) is 5.69 Å². The van der Waals surface area contributed by atoms with Crippen molar-refractivity contribution in [2.24, 2.45) is 0 Å². The number of pyridine rings is 1. The number of carbonyl (C=O) groups is 2. The third-order valence-corrected chi connectivity index (χ3v) is 5.17. The van der Waals surface area contributed by atoms with Crippen LogP contribution in [-0.4, -0.2) is 16.7 Å². The number of ketones is 1. The fourth-order valence-corrected chi connectivity index (χ4v) is 3.32. The number of anilines is 1. The third kappa shape index (κ3) is 3.72. The van der Waals surface area contributed by atoms with Gasteiger partial charge in [-0.3, -0.25) is 9.59 Å². The maximum Gasteiger partial charge on any atom is 0.257 e. The minimum absolute atomic E-state index is 0.128. The van der Waals surface area contributed by atoms with Gasteiger partial charge in [0.2, 0.25) is 5.88 Å². The lowest BCUT2D eigenvalue weighted by Gasteiger charge is -2.10. The SMILES string of the molecule is O=C(Nc1ccc(Cl)c(Cl)c1)c1ccc(Oc2cccc3c2CCC3=O)nc1. The quantitative estimate of drug-likeness (QED) is 0.608. The van der Waals surface area contributed by atoms with Crippen LogP contribution in [0.3, 0.4) is 0 Å². The number of nitrogens with zero attached hydrogens (tertiary/aromatic N) is 1. The second-order valence-electron chi connectivity index (χ2n) is 6.28. The highest BCUT2D eigenvalue weighted by Gasteiger charge is 2.23. The molecule has 1 heterocycles. The maximum absolute atomic E-state index is 12.4. The summed E-state index contributed by atoms with van der Waals surface area (Å²) in [5.74, 6) is 0.758. The van der Waals surface area contributed by atoms with Crippen LogP contribution >= 0.6 is 23.2 Å². The summed E-state index contributed by atoms with van der Waals surface area (Å²) < 4.78 is 5.82. The number of hydrogen-bond donors (Lipinski definition) is 1. The Bertz CT molecular complexity index is 1080. The van der Waals surface area contributed by atoms with E-state index in [1.807, 2.05) is 6.07 Å². The van der Waals surface area contributed by atoms with Gasteiger partial charge in [0.05, 0.1) is 15.6 Å². The summed E-state index contributed by atoms with van der Waals surface area (Å²) in [7, 11) is 0. The van der Waals surface area contributed by atoms with Crippen LogP contribution in [0, 0.1) is 0 Å². The van der Waals surface area contributed by atoms with E-state index < -0.39 is 0 Å². The molecule has 1 aromatic heterocycles. The van der Waals surface area contributed by atoms with E-state index in [4.69, 9.17) is 27.9 Å². The molecule has 3 aromatic rings. The molecule has 0 saturated carbocycles. The number of aromatic nitrogens is 1. The van der Waals surface area contributed by atoms with E-state index in [1.54, 1.807) is 42.5 Å². The lowest BCUT2D eigenvalue weighted by Crippen LogP contribution is -2.12.